The number of aryl methyl sites for hydroxylation is 1. The largest absolute Gasteiger partial charge is 0.475 e. The van der Waals surface area contributed by atoms with Gasteiger partial charge in [0.05, 0.1) is 6.54 Å². The second-order valence-corrected chi connectivity index (χ2v) is 5.53. The van der Waals surface area contributed by atoms with Crippen LogP contribution in [0.25, 0.3) is 0 Å². The van der Waals surface area contributed by atoms with Gasteiger partial charge in [-0.3, -0.25) is 0 Å². The summed E-state index contributed by atoms with van der Waals surface area (Å²) in [6.45, 7) is 0.269. The lowest BCUT2D eigenvalue weighted by Gasteiger charge is -2.15. The van der Waals surface area contributed by atoms with Crippen molar-refractivity contribution in [1.82, 2.24) is 4.31 Å². The van der Waals surface area contributed by atoms with Gasteiger partial charge in [0.15, 0.2) is 0 Å². The molecule has 0 aliphatic heterocycles. The summed E-state index contributed by atoms with van der Waals surface area (Å²) in [4.78, 5) is 10.2. The lowest BCUT2D eigenvalue weighted by atomic mass is 10.4. The van der Waals surface area contributed by atoms with Crippen LogP contribution in [0.4, 0.5) is 8.78 Å². The Kier molecular flexibility index (Phi) is 4.07. The van der Waals surface area contributed by atoms with Gasteiger partial charge in [0.25, 0.3) is 6.43 Å². The second kappa shape index (κ2) is 5.02. The van der Waals surface area contributed by atoms with E-state index in [4.69, 9.17) is 9.52 Å². The number of alkyl halides is 2. The molecule has 0 fully saturated rings. The Morgan fingerprint density at radius 1 is 1.56 bits per heavy atom. The van der Waals surface area contributed by atoms with E-state index < -0.39 is 39.6 Å². The minimum atomic E-state index is -4.18. The standard InChI is InChI=1S/C9H11F2NO5S/c1-5-7(3-6(17-5)9(13)14)18(15,16)12(2)4-8(10)11/h3,8H,4H2,1-2H3,(H,13,14). The van der Waals surface area contributed by atoms with Gasteiger partial charge < -0.3 is 9.52 Å². The fraction of sp³-hybridized carbons (Fsp3) is 0.444. The summed E-state index contributed by atoms with van der Waals surface area (Å²) in [6.07, 6.45) is -2.82. The monoisotopic (exact) mass is 283 g/mol. The molecule has 1 heterocycles. The van der Waals surface area contributed by atoms with Gasteiger partial charge in [-0.05, 0) is 6.92 Å². The van der Waals surface area contributed by atoms with Crippen LogP contribution < -0.4 is 0 Å². The van der Waals surface area contributed by atoms with Crippen molar-refractivity contribution in [1.29, 1.82) is 0 Å². The summed E-state index contributed by atoms with van der Waals surface area (Å²) in [5, 5.41) is 8.65. The third-order valence-electron chi connectivity index (χ3n) is 2.17. The predicted molar refractivity (Wildman–Crippen MR) is 56.2 cm³/mol. The van der Waals surface area contributed by atoms with Crippen LogP contribution >= 0.6 is 0 Å². The Morgan fingerprint density at radius 2 is 2.11 bits per heavy atom. The highest BCUT2D eigenvalue weighted by Crippen LogP contribution is 2.23. The molecule has 9 heteroatoms. The van der Waals surface area contributed by atoms with E-state index in [9.17, 15) is 22.0 Å². The van der Waals surface area contributed by atoms with E-state index in [1.165, 1.54) is 6.92 Å². The van der Waals surface area contributed by atoms with Crippen LogP contribution in [0.3, 0.4) is 0 Å². The van der Waals surface area contributed by atoms with Crippen LogP contribution in [-0.4, -0.2) is 43.8 Å². The van der Waals surface area contributed by atoms with Crippen molar-refractivity contribution in [3.05, 3.63) is 17.6 Å². The van der Waals surface area contributed by atoms with Gasteiger partial charge in [-0.15, -0.1) is 0 Å². The number of aromatic carboxylic acids is 1. The molecule has 0 amide bonds. The maximum atomic E-state index is 12.1. The summed E-state index contributed by atoms with van der Waals surface area (Å²) < 4.78 is 53.2. The van der Waals surface area contributed by atoms with E-state index in [1.807, 2.05) is 0 Å². The van der Waals surface area contributed by atoms with E-state index in [2.05, 4.69) is 0 Å². The quantitative estimate of drug-likeness (QED) is 0.876. The van der Waals surface area contributed by atoms with E-state index in [1.54, 1.807) is 0 Å². The summed E-state index contributed by atoms with van der Waals surface area (Å²) in [6, 6.07) is 0.801. The van der Waals surface area contributed by atoms with Crippen molar-refractivity contribution in [2.75, 3.05) is 13.6 Å². The molecule has 6 nitrogen and oxygen atoms in total. The van der Waals surface area contributed by atoms with Crippen LogP contribution in [0.5, 0.6) is 0 Å². The zero-order valence-corrected chi connectivity index (χ0v) is 10.4. The van der Waals surface area contributed by atoms with Crippen molar-refractivity contribution in [2.45, 2.75) is 18.2 Å². The molecule has 0 saturated carbocycles. The second-order valence-electron chi connectivity index (χ2n) is 3.51. The number of furan rings is 1. The van der Waals surface area contributed by atoms with Crippen molar-refractivity contribution >= 4 is 16.0 Å². The molecular weight excluding hydrogens is 272 g/mol. The molecule has 0 bridgehead atoms. The lowest BCUT2D eigenvalue weighted by molar-refractivity contribution is 0.0661. The zero-order chi connectivity index (χ0) is 14.1. The summed E-state index contributed by atoms with van der Waals surface area (Å²) >= 11 is 0. The topological polar surface area (TPSA) is 87.8 Å². The number of carboxylic acid groups (broad SMARTS) is 1. The number of nitrogens with zero attached hydrogens (tertiary/aromatic N) is 1. The van der Waals surface area contributed by atoms with E-state index in [0.717, 1.165) is 13.1 Å². The Labute approximate surface area is 102 Å². The number of rotatable bonds is 5. The molecule has 1 aromatic heterocycles. The molecular formula is C9H11F2NO5S. The molecule has 102 valence electrons. The molecule has 0 atom stereocenters. The highest BCUT2D eigenvalue weighted by atomic mass is 32.2. The Morgan fingerprint density at radius 3 is 2.50 bits per heavy atom. The molecule has 0 spiro atoms. The SMILES string of the molecule is Cc1oc(C(=O)O)cc1S(=O)(=O)N(C)CC(F)F. The molecule has 0 radical (unpaired) electrons. The Balaban J connectivity index is 3.16. The maximum absolute atomic E-state index is 12.1. The van der Waals surface area contributed by atoms with Gasteiger partial charge >= 0.3 is 5.97 Å². The maximum Gasteiger partial charge on any atom is 0.371 e. The van der Waals surface area contributed by atoms with Crippen LogP contribution in [0.2, 0.25) is 0 Å². The number of carboxylic acids is 1. The fourth-order valence-electron chi connectivity index (χ4n) is 1.29. The van der Waals surface area contributed by atoms with Gasteiger partial charge in [-0.1, -0.05) is 0 Å². The third-order valence-corrected chi connectivity index (χ3v) is 4.10. The van der Waals surface area contributed by atoms with Crippen LogP contribution in [-0.2, 0) is 10.0 Å². The minimum Gasteiger partial charge on any atom is -0.475 e. The number of carbonyl (C=O) groups is 1. The average Bonchev–Trinajstić information content (AvgIpc) is 2.59. The molecule has 18 heavy (non-hydrogen) atoms. The van der Waals surface area contributed by atoms with Crippen molar-refractivity contribution < 1.29 is 31.5 Å². The first kappa shape index (κ1) is 14.6. The molecule has 1 rings (SSSR count). The molecule has 0 aromatic carbocycles. The normalized spacial score (nSPS) is 12.3. The fourth-order valence-corrected chi connectivity index (χ4v) is 2.59. The first-order chi connectivity index (χ1) is 8.16. The summed E-state index contributed by atoms with van der Waals surface area (Å²) in [7, 11) is -3.20. The summed E-state index contributed by atoms with van der Waals surface area (Å²) in [5.74, 6) is -2.15. The molecule has 0 aliphatic carbocycles. The lowest BCUT2D eigenvalue weighted by Crippen LogP contribution is -2.31. The van der Waals surface area contributed by atoms with E-state index in [-0.39, 0.29) is 5.76 Å². The van der Waals surface area contributed by atoms with E-state index >= 15 is 0 Å². The number of halogens is 2. The van der Waals surface area contributed by atoms with Crippen molar-refractivity contribution in [2.24, 2.45) is 0 Å². The van der Waals surface area contributed by atoms with Gasteiger partial charge in [-0.25, -0.2) is 22.0 Å². The Hall–Kier alpha value is -1.48. The van der Waals surface area contributed by atoms with Crippen molar-refractivity contribution in [3.63, 3.8) is 0 Å². The molecule has 0 aliphatic rings. The third kappa shape index (κ3) is 2.85. The van der Waals surface area contributed by atoms with Gasteiger partial charge in [-0.2, -0.15) is 4.31 Å². The molecule has 1 N–H and O–H groups in total. The molecule has 0 saturated heterocycles. The first-order valence-electron chi connectivity index (χ1n) is 4.74. The number of hydrogen-bond donors (Lipinski definition) is 1. The Bertz CT molecular complexity index is 551. The first-order valence-corrected chi connectivity index (χ1v) is 6.18. The van der Waals surface area contributed by atoms with E-state index in [0.29, 0.717) is 4.31 Å². The van der Waals surface area contributed by atoms with Crippen LogP contribution in [0.15, 0.2) is 15.4 Å². The zero-order valence-electron chi connectivity index (χ0n) is 9.55. The smallest absolute Gasteiger partial charge is 0.371 e. The summed E-state index contributed by atoms with van der Waals surface area (Å²) in [5.41, 5.74) is 0. The molecule has 0 unspecified atom stereocenters. The average molecular weight is 283 g/mol. The number of hydrogen-bond acceptors (Lipinski definition) is 4. The minimum absolute atomic E-state index is 0.159. The molecule has 1 aromatic rings. The highest BCUT2D eigenvalue weighted by molar-refractivity contribution is 7.89. The highest BCUT2D eigenvalue weighted by Gasteiger charge is 2.29. The predicted octanol–water partition coefficient (Wildman–Crippen LogP) is 1.17. The van der Waals surface area contributed by atoms with Crippen LogP contribution in [0, 0.1) is 6.92 Å². The van der Waals surface area contributed by atoms with Gasteiger partial charge in [0, 0.05) is 13.1 Å². The number of sulfonamides is 1. The van der Waals surface area contributed by atoms with Crippen LogP contribution in [0.1, 0.15) is 16.3 Å². The van der Waals surface area contributed by atoms with Crippen molar-refractivity contribution in [3.8, 4) is 0 Å². The van der Waals surface area contributed by atoms with Gasteiger partial charge in [0.1, 0.15) is 10.7 Å². The van der Waals surface area contributed by atoms with Gasteiger partial charge in [0.2, 0.25) is 15.8 Å².